The molecule has 0 amide bonds. The van der Waals surface area contributed by atoms with Gasteiger partial charge < -0.3 is 4.98 Å². The normalized spacial score (nSPS) is 10.9. The number of rotatable bonds is 8. The number of ketones is 2. The Morgan fingerprint density at radius 1 is 1.31 bits per heavy atom. The zero-order valence-electron chi connectivity index (χ0n) is 16.5. The summed E-state index contributed by atoms with van der Waals surface area (Å²) in [6.07, 6.45) is 1.75. The predicted octanol–water partition coefficient (Wildman–Crippen LogP) is 4.91. The van der Waals surface area contributed by atoms with E-state index in [0.29, 0.717) is 45.1 Å². The van der Waals surface area contributed by atoms with Gasteiger partial charge in [-0.05, 0) is 38.5 Å². The summed E-state index contributed by atoms with van der Waals surface area (Å²) in [5.74, 6) is 0.677. The highest BCUT2D eigenvalue weighted by Crippen LogP contribution is 2.27. The number of hydrogen-bond donors (Lipinski definition) is 1. The van der Waals surface area contributed by atoms with Crippen molar-refractivity contribution in [1.82, 2.24) is 19.7 Å². The van der Waals surface area contributed by atoms with E-state index >= 15 is 0 Å². The van der Waals surface area contributed by atoms with Crippen LogP contribution in [-0.4, -0.2) is 37.1 Å². The summed E-state index contributed by atoms with van der Waals surface area (Å²) in [7, 11) is 0. The first-order valence-corrected chi connectivity index (χ1v) is 10.4. The number of aromatic nitrogens is 4. The van der Waals surface area contributed by atoms with Crippen LogP contribution in [0.15, 0.2) is 42.1 Å². The van der Waals surface area contributed by atoms with Crippen LogP contribution in [-0.2, 0) is 6.54 Å². The van der Waals surface area contributed by atoms with Crippen LogP contribution in [0.1, 0.15) is 39.0 Å². The average Bonchev–Trinajstić information content (AvgIpc) is 3.20. The van der Waals surface area contributed by atoms with Gasteiger partial charge in [-0.1, -0.05) is 41.6 Å². The number of carbonyl (C=O) groups excluding carboxylic acids is 2. The molecule has 0 spiro atoms. The van der Waals surface area contributed by atoms with Crippen molar-refractivity contribution in [3.63, 3.8) is 0 Å². The first kappa shape index (κ1) is 21.1. The topological polar surface area (TPSA) is 80.6 Å². The zero-order chi connectivity index (χ0) is 21.1. The van der Waals surface area contributed by atoms with E-state index in [1.54, 1.807) is 26.0 Å². The fourth-order valence-corrected chi connectivity index (χ4v) is 4.30. The molecule has 29 heavy (non-hydrogen) atoms. The maximum Gasteiger partial charge on any atom is 0.192 e. The SMILES string of the molecule is C=CCn1c(SCC(=O)c2[nH]c(C)c(C(C)=O)c2C)nnc1-c1cccc(Cl)c1. The molecule has 1 N–H and O–H groups in total. The van der Waals surface area contributed by atoms with Gasteiger partial charge in [-0.15, -0.1) is 16.8 Å². The van der Waals surface area contributed by atoms with E-state index in [-0.39, 0.29) is 17.3 Å². The molecule has 3 aromatic rings. The van der Waals surface area contributed by atoms with E-state index in [4.69, 9.17) is 11.6 Å². The van der Waals surface area contributed by atoms with Gasteiger partial charge in [0, 0.05) is 28.4 Å². The van der Waals surface area contributed by atoms with Crippen molar-refractivity contribution in [2.24, 2.45) is 0 Å². The highest BCUT2D eigenvalue weighted by atomic mass is 35.5. The van der Waals surface area contributed by atoms with Crippen molar-refractivity contribution in [1.29, 1.82) is 0 Å². The molecule has 0 saturated heterocycles. The number of aromatic amines is 1. The van der Waals surface area contributed by atoms with Crippen molar-refractivity contribution in [3.8, 4) is 11.4 Å². The molecule has 0 aliphatic heterocycles. The van der Waals surface area contributed by atoms with E-state index in [1.807, 2.05) is 22.8 Å². The lowest BCUT2D eigenvalue weighted by Gasteiger charge is -2.08. The van der Waals surface area contributed by atoms with E-state index in [2.05, 4.69) is 21.8 Å². The number of hydrogen-bond acceptors (Lipinski definition) is 5. The number of benzene rings is 1. The van der Waals surface area contributed by atoms with Crippen LogP contribution in [0, 0.1) is 13.8 Å². The van der Waals surface area contributed by atoms with E-state index in [0.717, 1.165) is 5.56 Å². The summed E-state index contributed by atoms with van der Waals surface area (Å²) in [5, 5.41) is 9.75. The van der Waals surface area contributed by atoms with Gasteiger partial charge in [0.1, 0.15) is 0 Å². The maximum absolute atomic E-state index is 12.8. The summed E-state index contributed by atoms with van der Waals surface area (Å²) in [6, 6.07) is 7.37. The standard InChI is InChI=1S/C21H21ClN4O2S/c1-5-9-26-20(15-7-6-8-16(22)10-15)24-25-21(26)29-11-17(28)19-12(2)18(14(4)27)13(3)23-19/h5-8,10,23H,1,9,11H2,2-4H3. The highest BCUT2D eigenvalue weighted by molar-refractivity contribution is 7.99. The van der Waals surface area contributed by atoms with Crippen molar-refractivity contribution >= 4 is 34.9 Å². The van der Waals surface area contributed by atoms with E-state index in [1.165, 1.54) is 18.7 Å². The molecule has 0 fully saturated rings. The minimum Gasteiger partial charge on any atom is -0.355 e. The molecule has 0 aliphatic rings. The number of halogens is 1. The molecule has 0 bridgehead atoms. The Morgan fingerprint density at radius 2 is 2.07 bits per heavy atom. The number of H-pyrrole nitrogens is 1. The third-order valence-electron chi connectivity index (χ3n) is 4.51. The Balaban J connectivity index is 1.84. The van der Waals surface area contributed by atoms with Gasteiger partial charge in [-0.3, -0.25) is 14.2 Å². The Bertz CT molecular complexity index is 1100. The molecule has 8 heteroatoms. The number of aryl methyl sites for hydroxylation is 1. The van der Waals surface area contributed by atoms with Crippen LogP contribution in [0.5, 0.6) is 0 Å². The number of Topliss-reactive ketones (excluding diaryl/α,β-unsaturated/α-hetero) is 2. The maximum atomic E-state index is 12.8. The molecule has 0 unspecified atom stereocenters. The van der Waals surface area contributed by atoms with Crippen LogP contribution in [0.2, 0.25) is 5.02 Å². The van der Waals surface area contributed by atoms with Crippen molar-refractivity contribution in [2.75, 3.05) is 5.75 Å². The largest absolute Gasteiger partial charge is 0.355 e. The van der Waals surface area contributed by atoms with Crippen molar-refractivity contribution < 1.29 is 9.59 Å². The second kappa shape index (κ2) is 8.80. The minimum absolute atomic E-state index is 0.0557. The first-order valence-electron chi connectivity index (χ1n) is 8.99. The van der Waals surface area contributed by atoms with E-state index in [9.17, 15) is 9.59 Å². The highest BCUT2D eigenvalue weighted by Gasteiger charge is 2.21. The van der Waals surface area contributed by atoms with Gasteiger partial charge in [0.25, 0.3) is 0 Å². The number of nitrogens with one attached hydrogen (secondary N) is 1. The summed E-state index contributed by atoms with van der Waals surface area (Å²) in [4.78, 5) is 27.6. The lowest BCUT2D eigenvalue weighted by atomic mass is 10.1. The second-order valence-corrected chi connectivity index (χ2v) is 7.99. The third kappa shape index (κ3) is 4.36. The molecule has 0 atom stereocenters. The second-order valence-electron chi connectivity index (χ2n) is 6.61. The molecule has 2 heterocycles. The number of nitrogens with zero attached hydrogens (tertiary/aromatic N) is 3. The molecule has 150 valence electrons. The van der Waals surface area contributed by atoms with Gasteiger partial charge in [-0.25, -0.2) is 0 Å². The molecule has 3 rings (SSSR count). The number of thioether (sulfide) groups is 1. The quantitative estimate of drug-likeness (QED) is 0.313. The van der Waals surface area contributed by atoms with Crippen LogP contribution >= 0.6 is 23.4 Å². The van der Waals surface area contributed by atoms with Gasteiger partial charge in [0.05, 0.1) is 11.4 Å². The van der Waals surface area contributed by atoms with Crippen LogP contribution in [0.25, 0.3) is 11.4 Å². The van der Waals surface area contributed by atoms with E-state index < -0.39 is 0 Å². The Morgan fingerprint density at radius 3 is 2.69 bits per heavy atom. The molecular formula is C21H21ClN4O2S. The van der Waals surface area contributed by atoms with Gasteiger partial charge >= 0.3 is 0 Å². The summed E-state index contributed by atoms with van der Waals surface area (Å²) < 4.78 is 1.89. The fourth-order valence-electron chi connectivity index (χ4n) is 3.29. The average molecular weight is 429 g/mol. The Hall–Kier alpha value is -2.64. The number of allylic oxidation sites excluding steroid dienone is 1. The lowest BCUT2D eigenvalue weighted by Crippen LogP contribution is -2.07. The minimum atomic E-state index is -0.0967. The molecule has 1 aromatic carbocycles. The summed E-state index contributed by atoms with van der Waals surface area (Å²) in [6.45, 7) is 9.38. The molecular weight excluding hydrogens is 408 g/mol. The fraction of sp³-hybridized carbons (Fsp3) is 0.238. The molecule has 0 aliphatic carbocycles. The van der Waals surface area contributed by atoms with Gasteiger partial charge in [-0.2, -0.15) is 0 Å². The molecule has 0 radical (unpaired) electrons. The summed E-state index contributed by atoms with van der Waals surface area (Å²) in [5.41, 5.74) is 3.28. The predicted molar refractivity (Wildman–Crippen MR) is 116 cm³/mol. The Labute approximate surface area is 178 Å². The van der Waals surface area contributed by atoms with Crippen LogP contribution < -0.4 is 0 Å². The monoisotopic (exact) mass is 428 g/mol. The van der Waals surface area contributed by atoms with Gasteiger partial charge in [0.2, 0.25) is 0 Å². The molecule has 6 nitrogen and oxygen atoms in total. The number of carbonyl (C=O) groups is 2. The Kier molecular flexibility index (Phi) is 6.39. The summed E-state index contributed by atoms with van der Waals surface area (Å²) >= 11 is 7.39. The van der Waals surface area contributed by atoms with Crippen molar-refractivity contribution in [3.05, 3.63) is 64.5 Å². The molecule has 2 aromatic heterocycles. The molecule has 0 saturated carbocycles. The first-order chi connectivity index (χ1) is 13.8. The lowest BCUT2D eigenvalue weighted by molar-refractivity contribution is 0.101. The van der Waals surface area contributed by atoms with Gasteiger partial charge in [0.15, 0.2) is 22.5 Å². The third-order valence-corrected chi connectivity index (χ3v) is 5.71. The van der Waals surface area contributed by atoms with Crippen LogP contribution in [0.3, 0.4) is 0 Å². The zero-order valence-corrected chi connectivity index (χ0v) is 18.0. The van der Waals surface area contributed by atoms with Crippen molar-refractivity contribution in [2.45, 2.75) is 32.5 Å². The van der Waals surface area contributed by atoms with Crippen LogP contribution in [0.4, 0.5) is 0 Å². The smallest absolute Gasteiger partial charge is 0.192 e.